The van der Waals surface area contributed by atoms with Crippen LogP contribution in [0.25, 0.3) is 0 Å². The Hall–Kier alpha value is -2.14. The van der Waals surface area contributed by atoms with Crippen LogP contribution in [0, 0.1) is 11.8 Å². The van der Waals surface area contributed by atoms with Crippen LogP contribution in [0.2, 0.25) is 0 Å². The quantitative estimate of drug-likeness (QED) is 0.829. The molecule has 2 aliphatic rings. The Bertz CT molecular complexity index is 610. The molecule has 0 saturated carbocycles. The fourth-order valence-electron chi connectivity index (χ4n) is 3.01. The van der Waals surface area contributed by atoms with Gasteiger partial charge in [-0.05, 0) is 24.1 Å². The predicted molar refractivity (Wildman–Crippen MR) is 76.9 cm³/mol. The highest BCUT2D eigenvalue weighted by atomic mass is 16.5. The van der Waals surface area contributed by atoms with E-state index in [1.54, 1.807) is 18.2 Å². The van der Waals surface area contributed by atoms with E-state index in [0.717, 1.165) is 12.0 Å². The van der Waals surface area contributed by atoms with Crippen molar-refractivity contribution in [2.75, 3.05) is 5.32 Å². The Morgan fingerprint density at radius 3 is 2.62 bits per heavy atom. The summed E-state index contributed by atoms with van der Waals surface area (Å²) in [6.07, 6.45) is 3.44. The molecule has 5 heteroatoms. The lowest BCUT2D eigenvalue weighted by molar-refractivity contribution is -0.145. The van der Waals surface area contributed by atoms with Gasteiger partial charge >= 0.3 is 5.97 Å². The van der Waals surface area contributed by atoms with Crippen molar-refractivity contribution in [1.29, 1.82) is 0 Å². The van der Waals surface area contributed by atoms with E-state index in [-0.39, 0.29) is 5.91 Å². The molecule has 21 heavy (non-hydrogen) atoms. The maximum Gasteiger partial charge on any atom is 0.310 e. The van der Waals surface area contributed by atoms with Gasteiger partial charge in [0.05, 0.1) is 18.1 Å². The van der Waals surface area contributed by atoms with Crippen LogP contribution in [0.15, 0.2) is 36.4 Å². The molecule has 1 aromatic carbocycles. The van der Waals surface area contributed by atoms with Gasteiger partial charge in [-0.3, -0.25) is 9.59 Å². The van der Waals surface area contributed by atoms with E-state index >= 15 is 0 Å². The van der Waals surface area contributed by atoms with Crippen molar-refractivity contribution in [3.8, 4) is 0 Å². The minimum absolute atomic E-state index is 0.299. The maximum absolute atomic E-state index is 12.4. The Kier molecular flexibility index (Phi) is 3.51. The summed E-state index contributed by atoms with van der Waals surface area (Å²) in [6.45, 7) is 2.04. The molecule has 1 aromatic rings. The number of hydrogen-bond donors (Lipinski definition) is 2. The first-order chi connectivity index (χ1) is 10.1. The molecule has 1 fully saturated rings. The molecule has 110 valence electrons. The highest BCUT2D eigenvalue weighted by molar-refractivity contribution is 5.96. The third kappa shape index (κ3) is 2.45. The summed E-state index contributed by atoms with van der Waals surface area (Å²) in [5.74, 6) is -2.78. The van der Waals surface area contributed by atoms with Crippen molar-refractivity contribution in [2.45, 2.75) is 25.6 Å². The van der Waals surface area contributed by atoms with Gasteiger partial charge in [0.25, 0.3) is 0 Å². The van der Waals surface area contributed by atoms with Gasteiger partial charge in [0.15, 0.2) is 0 Å². The molecular formula is C16H17NO4. The Labute approximate surface area is 122 Å². The van der Waals surface area contributed by atoms with Gasteiger partial charge < -0.3 is 15.2 Å². The molecule has 5 nitrogen and oxygen atoms in total. The number of amides is 1. The van der Waals surface area contributed by atoms with E-state index in [1.807, 2.05) is 25.1 Å². The van der Waals surface area contributed by atoms with Gasteiger partial charge in [0, 0.05) is 5.69 Å². The third-order valence-electron chi connectivity index (χ3n) is 4.09. The molecule has 2 aliphatic heterocycles. The summed E-state index contributed by atoms with van der Waals surface area (Å²) in [7, 11) is 0. The molecule has 0 unspecified atom stereocenters. The van der Waals surface area contributed by atoms with Gasteiger partial charge in [-0.25, -0.2) is 0 Å². The molecule has 2 heterocycles. The van der Waals surface area contributed by atoms with Gasteiger partial charge in [0.2, 0.25) is 5.91 Å². The second kappa shape index (κ2) is 5.33. The molecule has 0 aliphatic carbocycles. The Balaban J connectivity index is 1.78. The highest BCUT2D eigenvalue weighted by Gasteiger charge is 2.53. The fraction of sp³-hybridized carbons (Fsp3) is 0.375. The maximum atomic E-state index is 12.4. The summed E-state index contributed by atoms with van der Waals surface area (Å²) >= 11 is 0. The highest BCUT2D eigenvalue weighted by Crippen LogP contribution is 2.39. The Morgan fingerprint density at radius 2 is 1.95 bits per heavy atom. The van der Waals surface area contributed by atoms with E-state index in [0.29, 0.717) is 5.69 Å². The van der Waals surface area contributed by atoms with Gasteiger partial charge in [0.1, 0.15) is 5.92 Å². The monoisotopic (exact) mass is 287 g/mol. The van der Waals surface area contributed by atoms with E-state index in [1.165, 1.54) is 0 Å². The minimum Gasteiger partial charge on any atom is -0.481 e. The number of carboxylic acid groups (broad SMARTS) is 1. The third-order valence-corrected chi connectivity index (χ3v) is 4.09. The van der Waals surface area contributed by atoms with Crippen LogP contribution in [0.5, 0.6) is 0 Å². The second-order valence-electron chi connectivity index (χ2n) is 5.38. The first kappa shape index (κ1) is 13.8. The van der Waals surface area contributed by atoms with E-state index in [4.69, 9.17) is 4.74 Å². The number of benzene rings is 1. The second-order valence-corrected chi connectivity index (χ2v) is 5.38. The summed E-state index contributed by atoms with van der Waals surface area (Å²) in [6, 6.07) is 7.56. The van der Waals surface area contributed by atoms with Crippen molar-refractivity contribution in [1.82, 2.24) is 0 Å². The van der Waals surface area contributed by atoms with Crippen LogP contribution >= 0.6 is 0 Å². The number of fused-ring (bicyclic) bond motifs is 2. The summed E-state index contributed by atoms with van der Waals surface area (Å²) < 4.78 is 5.51. The SMILES string of the molecule is CCc1cccc(NC(=O)[C@@H]2[C@@H](C(=O)O)[C@@H]3C=C[C@@H]2O3)c1. The number of ether oxygens (including phenoxy) is 1. The molecule has 1 saturated heterocycles. The average molecular weight is 287 g/mol. The van der Waals surface area contributed by atoms with Gasteiger partial charge in [-0.2, -0.15) is 0 Å². The average Bonchev–Trinajstić information content (AvgIpc) is 3.07. The number of aryl methyl sites for hydroxylation is 1. The lowest BCUT2D eigenvalue weighted by atomic mass is 9.82. The molecule has 0 aromatic heterocycles. The van der Waals surface area contributed by atoms with Gasteiger partial charge in [-0.1, -0.05) is 31.2 Å². The molecule has 1 amide bonds. The molecule has 0 radical (unpaired) electrons. The number of aliphatic carboxylic acids is 1. The lowest BCUT2D eigenvalue weighted by Gasteiger charge is -2.21. The molecule has 4 atom stereocenters. The standard InChI is InChI=1S/C16H17NO4/c1-2-9-4-3-5-10(8-9)17-15(18)13-11-6-7-12(21-11)14(13)16(19)20/h3-8,11-14H,2H2,1H3,(H,17,18)(H,19,20)/t11-,12-,13-,14-/m0/s1. The van der Waals surface area contributed by atoms with Crippen molar-refractivity contribution in [3.05, 3.63) is 42.0 Å². The zero-order valence-corrected chi connectivity index (χ0v) is 11.7. The number of hydrogen-bond acceptors (Lipinski definition) is 3. The smallest absolute Gasteiger partial charge is 0.310 e. The van der Waals surface area contributed by atoms with Crippen molar-refractivity contribution in [3.63, 3.8) is 0 Å². The first-order valence-corrected chi connectivity index (χ1v) is 7.06. The van der Waals surface area contributed by atoms with Crippen molar-refractivity contribution in [2.24, 2.45) is 11.8 Å². The topological polar surface area (TPSA) is 75.6 Å². The minimum atomic E-state index is -0.991. The number of carbonyl (C=O) groups excluding carboxylic acids is 1. The number of anilines is 1. The summed E-state index contributed by atoms with van der Waals surface area (Å²) in [5.41, 5.74) is 1.81. The van der Waals surface area contributed by atoms with Crippen LogP contribution in [-0.2, 0) is 20.7 Å². The van der Waals surface area contributed by atoms with Gasteiger partial charge in [-0.15, -0.1) is 0 Å². The lowest BCUT2D eigenvalue weighted by Crippen LogP contribution is -2.39. The van der Waals surface area contributed by atoms with Crippen LogP contribution < -0.4 is 5.32 Å². The largest absolute Gasteiger partial charge is 0.481 e. The molecule has 3 rings (SSSR count). The van der Waals surface area contributed by atoms with Crippen LogP contribution in [0.3, 0.4) is 0 Å². The number of rotatable bonds is 4. The fourth-order valence-corrected chi connectivity index (χ4v) is 3.01. The summed E-state index contributed by atoms with van der Waals surface area (Å²) in [4.78, 5) is 23.8. The van der Waals surface area contributed by atoms with Crippen LogP contribution in [0.1, 0.15) is 12.5 Å². The predicted octanol–water partition coefficient (Wildman–Crippen LogP) is 1.84. The van der Waals surface area contributed by atoms with Crippen LogP contribution in [-0.4, -0.2) is 29.2 Å². The van der Waals surface area contributed by atoms with Crippen molar-refractivity contribution >= 4 is 17.6 Å². The molecule has 0 spiro atoms. The van der Waals surface area contributed by atoms with E-state index < -0.39 is 30.0 Å². The van der Waals surface area contributed by atoms with Crippen LogP contribution in [0.4, 0.5) is 5.69 Å². The van der Waals surface area contributed by atoms with E-state index in [2.05, 4.69) is 5.32 Å². The zero-order valence-electron chi connectivity index (χ0n) is 11.7. The zero-order chi connectivity index (χ0) is 15.0. The van der Waals surface area contributed by atoms with Crippen molar-refractivity contribution < 1.29 is 19.4 Å². The summed E-state index contributed by atoms with van der Waals surface area (Å²) in [5, 5.41) is 12.1. The number of carboxylic acids is 1. The number of carbonyl (C=O) groups is 2. The van der Waals surface area contributed by atoms with E-state index in [9.17, 15) is 14.7 Å². The number of nitrogens with one attached hydrogen (secondary N) is 1. The Morgan fingerprint density at radius 1 is 1.24 bits per heavy atom. The molecule has 2 N–H and O–H groups in total. The molecular weight excluding hydrogens is 270 g/mol. The normalized spacial score (nSPS) is 29.6. The first-order valence-electron chi connectivity index (χ1n) is 7.06. The molecule has 2 bridgehead atoms.